The first-order chi connectivity index (χ1) is 16.6. The highest BCUT2D eigenvalue weighted by Gasteiger charge is 2.28. The molecular weight excluding hydrogens is 592 g/mol. The van der Waals surface area contributed by atoms with E-state index < -0.39 is 21.7 Å². The zero-order chi connectivity index (χ0) is 25.3. The van der Waals surface area contributed by atoms with Gasteiger partial charge in [-0.05, 0) is 36.8 Å². The van der Waals surface area contributed by atoms with Gasteiger partial charge < -0.3 is 20.4 Å². The largest absolute Gasteiger partial charge is 0.437 e. The van der Waals surface area contributed by atoms with E-state index in [0.717, 1.165) is 6.26 Å². The summed E-state index contributed by atoms with van der Waals surface area (Å²) in [6.07, 6.45) is 1.48. The lowest BCUT2D eigenvalue weighted by atomic mass is 10.0. The maximum absolute atomic E-state index is 13.4. The second kappa shape index (κ2) is 9.97. The first-order valence-corrected chi connectivity index (χ1v) is 14.1. The van der Waals surface area contributed by atoms with Gasteiger partial charge in [0, 0.05) is 41.7 Å². The second-order valence-corrected chi connectivity index (χ2v) is 10.7. The molecule has 0 radical (unpaired) electrons. The number of fused-ring (bicyclic) bond motifs is 1. The number of rotatable bonds is 9. The Balaban J connectivity index is 1.77. The molecule has 3 amide bonds. The first-order valence-electron chi connectivity index (χ1n) is 10.7. The maximum atomic E-state index is 13.4. The Morgan fingerprint density at radius 1 is 1.34 bits per heavy atom. The highest BCUT2D eigenvalue weighted by atomic mass is 127. The zero-order valence-corrected chi connectivity index (χ0v) is 21.7. The number of urea groups is 1. The van der Waals surface area contributed by atoms with Crippen molar-refractivity contribution in [1.82, 2.24) is 15.2 Å². The topological polar surface area (TPSA) is 139 Å². The van der Waals surface area contributed by atoms with E-state index in [0.29, 0.717) is 47.0 Å². The number of hydrogen-bond donors (Lipinski definition) is 2. The second-order valence-electron chi connectivity index (χ2n) is 8.04. The van der Waals surface area contributed by atoms with Gasteiger partial charge in [-0.15, -0.1) is 0 Å². The van der Waals surface area contributed by atoms with Crippen LogP contribution in [-0.4, -0.2) is 62.7 Å². The van der Waals surface area contributed by atoms with Crippen LogP contribution < -0.4 is 15.4 Å². The molecule has 186 valence electrons. The van der Waals surface area contributed by atoms with Gasteiger partial charge >= 0.3 is 6.03 Å². The van der Waals surface area contributed by atoms with E-state index in [1.165, 1.54) is 28.6 Å². The Hall–Kier alpha value is -2.94. The Kier molecular flexibility index (Phi) is 7.17. The Morgan fingerprint density at radius 3 is 2.63 bits per heavy atom. The van der Waals surface area contributed by atoms with E-state index >= 15 is 0 Å². The third-order valence-corrected chi connectivity index (χ3v) is 7.58. The summed E-state index contributed by atoms with van der Waals surface area (Å²) in [7, 11) is -3.73. The maximum Gasteiger partial charge on any atom is 0.317 e. The summed E-state index contributed by atoms with van der Waals surface area (Å²) in [5, 5.41) is 3.05. The predicted molar refractivity (Wildman–Crippen MR) is 137 cm³/mol. The summed E-state index contributed by atoms with van der Waals surface area (Å²) in [6, 6.07) is 6.84. The summed E-state index contributed by atoms with van der Waals surface area (Å²) >= 11 is 2.08. The van der Waals surface area contributed by atoms with E-state index in [-0.39, 0.29) is 35.4 Å². The molecule has 0 saturated carbocycles. The number of anilines is 1. The molecule has 13 heteroatoms. The van der Waals surface area contributed by atoms with Crippen molar-refractivity contribution in [3.05, 3.63) is 47.3 Å². The van der Waals surface area contributed by atoms with E-state index in [1.807, 2.05) is 0 Å². The summed E-state index contributed by atoms with van der Waals surface area (Å²) < 4.78 is 46.3. The highest BCUT2D eigenvalue weighted by Crippen LogP contribution is 2.36. The number of carbonyl (C=O) groups excluding carboxylic acids is 2. The van der Waals surface area contributed by atoms with Crippen LogP contribution in [0.25, 0.3) is 22.4 Å². The lowest BCUT2D eigenvalue weighted by molar-refractivity contribution is 0.100. The number of hydrogen-bond acceptors (Lipinski definition) is 6. The fourth-order valence-electron chi connectivity index (χ4n) is 3.98. The standard InChI is InChI=1S/C22H23FIN5O5S/c1-35(32,33)29(9-2-8-28-10-7-26-22(28)31)20-14(12-24)11-16-17(19(25)30)18(34-21(16)27-20)13-3-5-15(23)6-4-13/h3-6,11H,2,7-10,12H2,1H3,(H2,25,30)(H,26,31). The van der Waals surface area contributed by atoms with Crippen LogP contribution >= 0.6 is 22.6 Å². The number of benzene rings is 1. The van der Waals surface area contributed by atoms with Crippen LogP contribution in [0.15, 0.2) is 34.7 Å². The van der Waals surface area contributed by atoms with Crippen LogP contribution in [0.5, 0.6) is 0 Å². The van der Waals surface area contributed by atoms with E-state index in [1.54, 1.807) is 11.0 Å². The summed E-state index contributed by atoms with van der Waals surface area (Å²) in [4.78, 5) is 30.2. The van der Waals surface area contributed by atoms with Gasteiger partial charge in [0.1, 0.15) is 17.4 Å². The molecule has 0 unspecified atom stereocenters. The summed E-state index contributed by atoms with van der Waals surface area (Å²) in [5.74, 6) is -0.896. The van der Waals surface area contributed by atoms with Crippen LogP contribution in [-0.2, 0) is 14.5 Å². The summed E-state index contributed by atoms with van der Waals surface area (Å²) in [6.45, 7) is 1.61. The number of pyridine rings is 1. The number of nitrogens with zero attached hydrogens (tertiary/aromatic N) is 3. The monoisotopic (exact) mass is 615 g/mol. The van der Waals surface area contributed by atoms with Gasteiger partial charge in [0.25, 0.3) is 5.91 Å². The van der Waals surface area contributed by atoms with Crippen molar-refractivity contribution in [1.29, 1.82) is 0 Å². The number of amides is 3. The number of carbonyl (C=O) groups is 2. The number of alkyl halides is 1. The van der Waals surface area contributed by atoms with Crippen LogP contribution in [0.3, 0.4) is 0 Å². The smallest absolute Gasteiger partial charge is 0.317 e. The molecular formula is C22H23FIN5O5S. The van der Waals surface area contributed by atoms with Crippen LogP contribution in [0.1, 0.15) is 22.3 Å². The lowest BCUT2D eigenvalue weighted by Crippen LogP contribution is -2.36. The number of aromatic nitrogens is 1. The normalized spacial score (nSPS) is 13.9. The number of primary amides is 1. The third kappa shape index (κ3) is 5.19. The molecule has 35 heavy (non-hydrogen) atoms. The van der Waals surface area contributed by atoms with Crippen molar-refractivity contribution >= 4 is 61.5 Å². The Morgan fingerprint density at radius 2 is 2.06 bits per heavy atom. The molecule has 10 nitrogen and oxygen atoms in total. The number of halogens is 2. The molecule has 0 atom stereocenters. The molecule has 0 aliphatic carbocycles. The molecule has 2 aromatic heterocycles. The van der Waals surface area contributed by atoms with Crippen molar-refractivity contribution in [2.24, 2.45) is 5.73 Å². The molecule has 0 spiro atoms. The van der Waals surface area contributed by atoms with Crippen molar-refractivity contribution in [3.63, 3.8) is 0 Å². The molecule has 1 saturated heterocycles. The third-order valence-electron chi connectivity index (χ3n) is 5.61. The predicted octanol–water partition coefficient (Wildman–Crippen LogP) is 2.85. The van der Waals surface area contributed by atoms with Gasteiger partial charge in [0.2, 0.25) is 15.7 Å². The van der Waals surface area contributed by atoms with Gasteiger partial charge in [-0.2, -0.15) is 4.98 Å². The molecule has 3 N–H and O–H groups in total. The molecule has 1 aliphatic rings. The molecule has 0 bridgehead atoms. The number of nitrogens with two attached hydrogens (primary N) is 1. The number of sulfonamides is 1. The fraction of sp³-hybridized carbons (Fsp3) is 0.318. The molecule has 1 fully saturated rings. The average Bonchev–Trinajstić information content (AvgIpc) is 3.38. The summed E-state index contributed by atoms with van der Waals surface area (Å²) in [5.41, 5.74) is 6.76. The Bertz CT molecular complexity index is 1390. The molecule has 4 rings (SSSR count). The molecule has 1 aromatic carbocycles. The minimum Gasteiger partial charge on any atom is -0.437 e. The molecule has 3 aromatic rings. The van der Waals surface area contributed by atoms with E-state index in [2.05, 4.69) is 32.9 Å². The van der Waals surface area contributed by atoms with Crippen LogP contribution in [0.2, 0.25) is 0 Å². The highest BCUT2D eigenvalue weighted by molar-refractivity contribution is 14.1. The van der Waals surface area contributed by atoms with Crippen LogP contribution in [0, 0.1) is 5.82 Å². The fourth-order valence-corrected chi connectivity index (χ4v) is 5.47. The van der Waals surface area contributed by atoms with Gasteiger partial charge in [-0.25, -0.2) is 17.6 Å². The SMILES string of the molecule is CS(=O)(=O)N(CCCN1CCNC1=O)c1nc2oc(-c3ccc(F)cc3)c(C(N)=O)c2cc1CI. The van der Waals surface area contributed by atoms with Crippen molar-refractivity contribution < 1.29 is 26.8 Å². The quantitative estimate of drug-likeness (QED) is 0.281. The van der Waals surface area contributed by atoms with Crippen molar-refractivity contribution in [2.45, 2.75) is 10.8 Å². The van der Waals surface area contributed by atoms with Crippen molar-refractivity contribution in [2.75, 3.05) is 36.7 Å². The van der Waals surface area contributed by atoms with Gasteiger partial charge in [-0.3, -0.25) is 9.10 Å². The van der Waals surface area contributed by atoms with E-state index in [4.69, 9.17) is 10.2 Å². The molecule has 3 heterocycles. The average molecular weight is 615 g/mol. The zero-order valence-electron chi connectivity index (χ0n) is 18.8. The van der Waals surface area contributed by atoms with Gasteiger partial charge in [0.15, 0.2) is 0 Å². The Labute approximate surface area is 214 Å². The van der Waals surface area contributed by atoms with E-state index in [9.17, 15) is 22.4 Å². The number of furan rings is 1. The van der Waals surface area contributed by atoms with Crippen molar-refractivity contribution in [3.8, 4) is 11.3 Å². The lowest BCUT2D eigenvalue weighted by Gasteiger charge is -2.24. The molecule has 1 aliphatic heterocycles. The minimum absolute atomic E-state index is 0.0364. The van der Waals surface area contributed by atoms with Gasteiger partial charge in [0.05, 0.1) is 17.2 Å². The van der Waals surface area contributed by atoms with Crippen LogP contribution in [0.4, 0.5) is 15.0 Å². The van der Waals surface area contributed by atoms with Gasteiger partial charge in [-0.1, -0.05) is 22.6 Å². The minimum atomic E-state index is -3.73. The first kappa shape index (κ1) is 25.2. The number of nitrogens with one attached hydrogen (secondary N) is 1.